The number of nitrogens with zero attached hydrogens (tertiary/aromatic N) is 2. The summed E-state index contributed by atoms with van der Waals surface area (Å²) in [5, 5.41) is 7.27. The molecule has 7 heteroatoms. The molecule has 1 aromatic carbocycles. The van der Waals surface area contributed by atoms with Crippen LogP contribution in [0.1, 0.15) is 23.2 Å². The second kappa shape index (κ2) is 9.96. The van der Waals surface area contributed by atoms with Gasteiger partial charge < -0.3 is 20.0 Å². The second-order valence-corrected chi connectivity index (χ2v) is 7.63. The van der Waals surface area contributed by atoms with E-state index in [0.717, 1.165) is 60.3 Å². The van der Waals surface area contributed by atoms with Gasteiger partial charge in [-0.15, -0.1) is 0 Å². The first-order valence-corrected chi connectivity index (χ1v) is 10.7. The van der Waals surface area contributed by atoms with Gasteiger partial charge in [0, 0.05) is 48.9 Å². The summed E-state index contributed by atoms with van der Waals surface area (Å²) >= 11 is 0. The highest BCUT2D eigenvalue weighted by Gasteiger charge is 2.22. The zero-order valence-electron chi connectivity index (χ0n) is 18.0. The number of carbonyl (C=O) groups is 2. The fourth-order valence-electron chi connectivity index (χ4n) is 3.98. The lowest BCUT2D eigenvalue weighted by Crippen LogP contribution is -2.45. The van der Waals surface area contributed by atoms with Gasteiger partial charge in [-0.2, -0.15) is 0 Å². The van der Waals surface area contributed by atoms with Crippen molar-refractivity contribution in [1.82, 2.24) is 20.5 Å². The van der Waals surface area contributed by atoms with Gasteiger partial charge in [0.25, 0.3) is 5.91 Å². The molecule has 3 heterocycles. The SMILES string of the molecule is CN/C(=C\C=C/C=O)N1CCC(NC(=O)c2ccc(-c3nccc4occc34)cc2)CC1. The number of rotatable bonds is 7. The van der Waals surface area contributed by atoms with Crippen molar-refractivity contribution in [3.8, 4) is 11.3 Å². The molecule has 1 aliphatic heterocycles. The Kier molecular flexibility index (Phi) is 6.65. The monoisotopic (exact) mass is 430 g/mol. The molecule has 1 aliphatic rings. The number of piperidine rings is 1. The van der Waals surface area contributed by atoms with Gasteiger partial charge in [0.1, 0.15) is 17.7 Å². The average Bonchev–Trinajstić information content (AvgIpc) is 3.32. The third-order valence-corrected chi connectivity index (χ3v) is 5.67. The molecular formula is C25H26N4O3. The number of carbonyl (C=O) groups excluding carboxylic acids is 2. The van der Waals surface area contributed by atoms with Gasteiger partial charge in [-0.1, -0.05) is 18.2 Å². The molecule has 0 spiro atoms. The zero-order valence-corrected chi connectivity index (χ0v) is 18.0. The van der Waals surface area contributed by atoms with Gasteiger partial charge in [0.15, 0.2) is 0 Å². The van der Waals surface area contributed by atoms with Gasteiger partial charge in [-0.05, 0) is 49.3 Å². The van der Waals surface area contributed by atoms with Crippen molar-refractivity contribution in [2.24, 2.45) is 0 Å². The van der Waals surface area contributed by atoms with Crippen LogP contribution in [0.2, 0.25) is 0 Å². The molecule has 0 atom stereocenters. The number of hydrogen-bond donors (Lipinski definition) is 2. The fourth-order valence-corrected chi connectivity index (χ4v) is 3.98. The Balaban J connectivity index is 1.36. The van der Waals surface area contributed by atoms with E-state index in [1.165, 1.54) is 6.08 Å². The molecule has 0 aliphatic carbocycles. The predicted octanol–water partition coefficient (Wildman–Crippen LogP) is 3.50. The largest absolute Gasteiger partial charge is 0.464 e. The number of aldehydes is 1. The summed E-state index contributed by atoms with van der Waals surface area (Å²) < 4.78 is 5.45. The van der Waals surface area contributed by atoms with Crippen LogP contribution in [0.5, 0.6) is 0 Å². The minimum atomic E-state index is -0.0669. The molecule has 0 saturated carbocycles. The van der Waals surface area contributed by atoms with Crippen LogP contribution in [0.4, 0.5) is 0 Å². The summed E-state index contributed by atoms with van der Waals surface area (Å²) in [6, 6.07) is 11.4. The quantitative estimate of drug-likeness (QED) is 0.339. The van der Waals surface area contributed by atoms with Crippen LogP contribution in [-0.2, 0) is 4.79 Å². The Bertz CT molecular complexity index is 1140. The van der Waals surface area contributed by atoms with Gasteiger partial charge in [-0.3, -0.25) is 14.6 Å². The Morgan fingerprint density at radius 2 is 1.91 bits per heavy atom. The third kappa shape index (κ3) is 4.72. The maximum absolute atomic E-state index is 12.8. The predicted molar refractivity (Wildman–Crippen MR) is 124 cm³/mol. The molecule has 0 unspecified atom stereocenters. The van der Waals surface area contributed by atoms with Gasteiger partial charge in [-0.25, -0.2) is 0 Å². The van der Waals surface area contributed by atoms with Crippen LogP contribution in [0.15, 0.2) is 77.3 Å². The van der Waals surface area contributed by atoms with Crippen molar-refractivity contribution >= 4 is 23.2 Å². The average molecular weight is 431 g/mol. The zero-order chi connectivity index (χ0) is 22.3. The molecular weight excluding hydrogens is 404 g/mol. The number of benzene rings is 1. The van der Waals surface area contributed by atoms with Crippen LogP contribution in [0.25, 0.3) is 22.2 Å². The van der Waals surface area contributed by atoms with Crippen LogP contribution in [0, 0.1) is 0 Å². The first-order valence-electron chi connectivity index (χ1n) is 10.7. The van der Waals surface area contributed by atoms with Crippen molar-refractivity contribution < 1.29 is 14.0 Å². The number of hydrogen-bond acceptors (Lipinski definition) is 6. The van der Waals surface area contributed by atoms with E-state index >= 15 is 0 Å². The van der Waals surface area contributed by atoms with E-state index < -0.39 is 0 Å². The smallest absolute Gasteiger partial charge is 0.251 e. The number of pyridine rings is 1. The third-order valence-electron chi connectivity index (χ3n) is 5.67. The standard InChI is InChI=1S/C25H26N4O3/c1-26-23(4-2-3-16-30)29-14-10-20(11-15-29)28-25(31)19-7-5-18(6-8-19)24-21-12-17-32-22(21)9-13-27-24/h2-9,12-13,16-17,20,26H,10-11,14-15H2,1H3,(H,28,31)/b3-2-,23-4+. The highest BCUT2D eigenvalue weighted by atomic mass is 16.3. The maximum Gasteiger partial charge on any atom is 0.251 e. The fraction of sp³-hybridized carbons (Fsp3) is 0.240. The van der Waals surface area contributed by atoms with Crippen molar-refractivity contribution in [2.75, 3.05) is 20.1 Å². The van der Waals surface area contributed by atoms with E-state index in [0.29, 0.717) is 5.56 Å². The molecule has 7 nitrogen and oxygen atoms in total. The first kappa shape index (κ1) is 21.4. The topological polar surface area (TPSA) is 87.5 Å². The van der Waals surface area contributed by atoms with Crippen LogP contribution < -0.4 is 10.6 Å². The van der Waals surface area contributed by atoms with Gasteiger partial charge >= 0.3 is 0 Å². The number of furan rings is 1. The summed E-state index contributed by atoms with van der Waals surface area (Å²) in [5.41, 5.74) is 3.20. The lowest BCUT2D eigenvalue weighted by molar-refractivity contribution is -0.104. The number of nitrogens with one attached hydrogen (secondary N) is 2. The van der Waals surface area contributed by atoms with Crippen LogP contribution in [0.3, 0.4) is 0 Å². The number of allylic oxidation sites excluding steroid dienone is 3. The molecule has 1 fully saturated rings. The van der Waals surface area contributed by atoms with Crippen LogP contribution >= 0.6 is 0 Å². The summed E-state index contributed by atoms with van der Waals surface area (Å²) in [6.45, 7) is 1.65. The molecule has 2 N–H and O–H groups in total. The van der Waals surface area contributed by atoms with E-state index in [9.17, 15) is 9.59 Å². The highest BCUT2D eigenvalue weighted by molar-refractivity contribution is 5.96. The van der Waals surface area contributed by atoms with Gasteiger partial charge in [0.2, 0.25) is 0 Å². The number of aromatic nitrogens is 1. The van der Waals surface area contributed by atoms with E-state index in [4.69, 9.17) is 4.42 Å². The summed E-state index contributed by atoms with van der Waals surface area (Å²) in [7, 11) is 1.86. The minimum absolute atomic E-state index is 0.0669. The highest BCUT2D eigenvalue weighted by Crippen LogP contribution is 2.27. The normalized spacial score (nSPS) is 15.3. The number of likely N-dealkylation sites (tertiary alicyclic amines) is 1. The van der Waals surface area contributed by atoms with Crippen molar-refractivity contribution in [1.29, 1.82) is 0 Å². The number of amides is 1. The molecule has 0 bridgehead atoms. The lowest BCUT2D eigenvalue weighted by atomic mass is 10.0. The van der Waals surface area contributed by atoms with Crippen LogP contribution in [-0.4, -0.2) is 48.3 Å². The minimum Gasteiger partial charge on any atom is -0.464 e. The lowest BCUT2D eigenvalue weighted by Gasteiger charge is -2.35. The molecule has 1 saturated heterocycles. The van der Waals surface area contributed by atoms with Crippen molar-refractivity contribution in [3.63, 3.8) is 0 Å². The van der Waals surface area contributed by atoms with E-state index in [1.807, 2.05) is 49.5 Å². The first-order chi connectivity index (χ1) is 15.7. The Labute approximate surface area is 186 Å². The molecule has 0 radical (unpaired) electrons. The number of fused-ring (bicyclic) bond motifs is 1. The van der Waals surface area contributed by atoms with E-state index in [1.54, 1.807) is 18.5 Å². The van der Waals surface area contributed by atoms with E-state index in [-0.39, 0.29) is 11.9 Å². The summed E-state index contributed by atoms with van der Waals surface area (Å²) in [5.74, 6) is 0.896. The molecule has 2 aromatic heterocycles. The molecule has 4 rings (SSSR count). The van der Waals surface area contributed by atoms with Crippen molar-refractivity contribution in [3.05, 3.63) is 78.5 Å². The summed E-state index contributed by atoms with van der Waals surface area (Å²) in [6.07, 6.45) is 10.9. The second-order valence-electron chi connectivity index (χ2n) is 7.63. The van der Waals surface area contributed by atoms with Gasteiger partial charge in [0.05, 0.1) is 12.0 Å². The van der Waals surface area contributed by atoms with Crippen molar-refractivity contribution in [2.45, 2.75) is 18.9 Å². The maximum atomic E-state index is 12.8. The molecule has 1 amide bonds. The molecule has 3 aromatic rings. The summed E-state index contributed by atoms with van der Waals surface area (Å²) in [4.78, 5) is 29.9. The Morgan fingerprint density at radius 1 is 1.12 bits per heavy atom. The Hall–Kier alpha value is -3.87. The molecule has 32 heavy (non-hydrogen) atoms. The Morgan fingerprint density at radius 3 is 2.62 bits per heavy atom. The molecule has 164 valence electrons. The van der Waals surface area contributed by atoms with E-state index in [2.05, 4.69) is 20.5 Å².